The average Bonchev–Trinajstić information content (AvgIpc) is 2.56. The third-order valence-corrected chi connectivity index (χ3v) is 4.46. The van der Waals surface area contributed by atoms with Crippen molar-refractivity contribution in [2.45, 2.75) is 33.2 Å². The highest BCUT2D eigenvalue weighted by Gasteiger charge is 2.19. The Balaban J connectivity index is 2.13. The Morgan fingerprint density at radius 1 is 1.17 bits per heavy atom. The Morgan fingerprint density at radius 2 is 1.88 bits per heavy atom. The fourth-order valence-electron chi connectivity index (χ4n) is 2.55. The summed E-state index contributed by atoms with van der Waals surface area (Å²) in [7, 11) is 1.73. The summed E-state index contributed by atoms with van der Waals surface area (Å²) in [5, 5.41) is 10.9. The van der Waals surface area contributed by atoms with Crippen LogP contribution in [0.5, 0.6) is 0 Å². The van der Waals surface area contributed by atoms with E-state index < -0.39 is 4.92 Å². The van der Waals surface area contributed by atoms with Crippen LogP contribution in [0.1, 0.15) is 35.2 Å². The van der Waals surface area contributed by atoms with Crippen LogP contribution in [0.2, 0.25) is 0 Å². The van der Waals surface area contributed by atoms with Gasteiger partial charge in [0.1, 0.15) is 0 Å². The van der Waals surface area contributed by atoms with Gasteiger partial charge in [0.25, 0.3) is 5.69 Å². The second-order valence-corrected chi connectivity index (χ2v) is 6.13. The number of rotatable bonds is 5. The lowest BCUT2D eigenvalue weighted by atomic mass is 10.0. The molecule has 0 fully saturated rings. The molecule has 2 aromatic rings. The summed E-state index contributed by atoms with van der Waals surface area (Å²) in [6.45, 7) is 5.94. The number of amides is 1. The molecule has 0 spiro atoms. The van der Waals surface area contributed by atoms with Crippen LogP contribution in [0.25, 0.3) is 0 Å². The molecule has 0 aliphatic heterocycles. The Labute approximate surface area is 142 Å². The number of benzene rings is 2. The van der Waals surface area contributed by atoms with E-state index in [1.165, 1.54) is 17.7 Å². The molecule has 0 bridgehead atoms. The molecule has 0 aliphatic rings. The Hall–Kier alpha value is -2.69. The van der Waals surface area contributed by atoms with Gasteiger partial charge in [-0.15, -0.1) is 0 Å². The Bertz CT molecular complexity index is 771. The molecule has 0 aromatic heterocycles. The van der Waals surface area contributed by atoms with Crippen LogP contribution in [0.4, 0.5) is 5.69 Å². The summed E-state index contributed by atoms with van der Waals surface area (Å²) >= 11 is 0. The second kappa shape index (κ2) is 7.25. The van der Waals surface area contributed by atoms with E-state index in [1.54, 1.807) is 24.1 Å². The molecule has 0 saturated carbocycles. The van der Waals surface area contributed by atoms with E-state index in [0.717, 1.165) is 16.7 Å². The van der Waals surface area contributed by atoms with E-state index in [1.807, 2.05) is 39.0 Å². The predicted octanol–water partition coefficient (Wildman–Crippen LogP) is 3.97. The predicted molar refractivity (Wildman–Crippen MR) is 93.9 cm³/mol. The van der Waals surface area contributed by atoms with Gasteiger partial charge < -0.3 is 4.90 Å². The van der Waals surface area contributed by atoms with Gasteiger partial charge in [0.05, 0.1) is 17.4 Å². The van der Waals surface area contributed by atoms with E-state index in [-0.39, 0.29) is 17.6 Å². The maximum atomic E-state index is 12.5. The first-order valence-corrected chi connectivity index (χ1v) is 7.85. The fourth-order valence-corrected chi connectivity index (χ4v) is 2.55. The number of nitrogens with zero attached hydrogens (tertiary/aromatic N) is 2. The lowest BCUT2D eigenvalue weighted by Gasteiger charge is -2.25. The van der Waals surface area contributed by atoms with E-state index >= 15 is 0 Å². The monoisotopic (exact) mass is 326 g/mol. The van der Waals surface area contributed by atoms with Crippen molar-refractivity contribution in [2.75, 3.05) is 7.05 Å². The number of carbonyl (C=O) groups is 1. The maximum absolute atomic E-state index is 12.5. The first kappa shape index (κ1) is 17.7. The molecule has 0 N–H and O–H groups in total. The van der Waals surface area contributed by atoms with Crippen molar-refractivity contribution in [1.29, 1.82) is 0 Å². The van der Waals surface area contributed by atoms with Crippen molar-refractivity contribution in [3.05, 3.63) is 74.8 Å². The van der Waals surface area contributed by atoms with Crippen LogP contribution in [0.15, 0.2) is 42.5 Å². The third-order valence-electron chi connectivity index (χ3n) is 4.46. The minimum atomic E-state index is -0.423. The van der Waals surface area contributed by atoms with Crippen molar-refractivity contribution in [2.24, 2.45) is 0 Å². The van der Waals surface area contributed by atoms with Crippen molar-refractivity contribution >= 4 is 11.6 Å². The molecule has 2 aromatic carbocycles. The number of nitro benzene ring substituents is 1. The normalized spacial score (nSPS) is 11.8. The summed E-state index contributed by atoms with van der Waals surface area (Å²) in [5.41, 5.74) is 4.12. The summed E-state index contributed by atoms with van der Waals surface area (Å²) < 4.78 is 0. The highest BCUT2D eigenvalue weighted by atomic mass is 16.6. The number of aryl methyl sites for hydroxylation is 2. The van der Waals surface area contributed by atoms with Crippen molar-refractivity contribution in [3.8, 4) is 0 Å². The van der Waals surface area contributed by atoms with Crippen molar-refractivity contribution in [1.82, 2.24) is 4.90 Å². The van der Waals surface area contributed by atoms with Gasteiger partial charge in [-0.2, -0.15) is 0 Å². The maximum Gasteiger partial charge on any atom is 0.269 e. The number of non-ortho nitro benzene ring substituents is 1. The first-order chi connectivity index (χ1) is 11.3. The van der Waals surface area contributed by atoms with Crippen LogP contribution in [-0.2, 0) is 11.2 Å². The minimum Gasteiger partial charge on any atom is -0.339 e. The van der Waals surface area contributed by atoms with Crippen LogP contribution in [0, 0.1) is 24.0 Å². The first-order valence-electron chi connectivity index (χ1n) is 7.85. The third kappa shape index (κ3) is 3.98. The molecule has 1 atom stereocenters. The van der Waals surface area contributed by atoms with Crippen LogP contribution in [-0.4, -0.2) is 22.8 Å². The van der Waals surface area contributed by atoms with Gasteiger partial charge in [-0.05, 0) is 43.0 Å². The van der Waals surface area contributed by atoms with E-state index in [9.17, 15) is 14.9 Å². The second-order valence-electron chi connectivity index (χ2n) is 6.13. The molecule has 0 radical (unpaired) electrons. The summed E-state index contributed by atoms with van der Waals surface area (Å²) in [5.74, 6) is -0.0164. The number of carbonyl (C=O) groups excluding carboxylic acids is 1. The van der Waals surface area contributed by atoms with Gasteiger partial charge in [0, 0.05) is 19.2 Å². The standard InChI is InChI=1S/C19H22N2O3/c1-13-8-9-16(10-14(13)2)11-19(22)20(4)15(3)17-6-5-7-18(12-17)21(23)24/h5-10,12,15H,11H2,1-4H3. The van der Waals surface area contributed by atoms with Gasteiger partial charge >= 0.3 is 0 Å². The van der Waals surface area contributed by atoms with Gasteiger partial charge in [-0.3, -0.25) is 14.9 Å². The molecule has 1 amide bonds. The van der Waals surface area contributed by atoms with Crippen LogP contribution >= 0.6 is 0 Å². The van der Waals surface area contributed by atoms with E-state index in [4.69, 9.17) is 0 Å². The largest absolute Gasteiger partial charge is 0.339 e. The molecule has 5 nitrogen and oxygen atoms in total. The Kier molecular flexibility index (Phi) is 5.34. The zero-order valence-corrected chi connectivity index (χ0v) is 14.4. The molecule has 2 rings (SSSR count). The molecule has 0 heterocycles. The number of nitro groups is 1. The van der Waals surface area contributed by atoms with Crippen molar-refractivity contribution < 1.29 is 9.72 Å². The molecular formula is C19H22N2O3. The highest BCUT2D eigenvalue weighted by Crippen LogP contribution is 2.23. The van der Waals surface area contributed by atoms with Gasteiger partial charge in [-0.25, -0.2) is 0 Å². The Morgan fingerprint density at radius 3 is 2.50 bits per heavy atom. The summed E-state index contributed by atoms with van der Waals surface area (Å²) in [6, 6.07) is 12.2. The van der Waals surface area contributed by atoms with E-state index in [0.29, 0.717) is 6.42 Å². The molecule has 0 aliphatic carbocycles. The molecular weight excluding hydrogens is 304 g/mol. The lowest BCUT2D eigenvalue weighted by Crippen LogP contribution is -2.31. The molecule has 24 heavy (non-hydrogen) atoms. The van der Waals surface area contributed by atoms with Gasteiger partial charge in [0.15, 0.2) is 0 Å². The average molecular weight is 326 g/mol. The number of hydrogen-bond acceptors (Lipinski definition) is 3. The van der Waals surface area contributed by atoms with Crippen LogP contribution < -0.4 is 0 Å². The number of likely N-dealkylation sites (N-methyl/N-ethyl adjacent to an activating group) is 1. The van der Waals surface area contributed by atoms with Gasteiger partial charge in [-0.1, -0.05) is 30.3 Å². The molecule has 126 valence electrons. The zero-order valence-electron chi connectivity index (χ0n) is 14.4. The SMILES string of the molecule is Cc1ccc(CC(=O)N(C)C(C)c2cccc([N+](=O)[O-])c2)cc1C. The lowest BCUT2D eigenvalue weighted by molar-refractivity contribution is -0.384. The van der Waals surface area contributed by atoms with E-state index in [2.05, 4.69) is 0 Å². The summed E-state index contributed by atoms with van der Waals surface area (Å²) in [4.78, 5) is 24.6. The van der Waals surface area contributed by atoms with Gasteiger partial charge in [0.2, 0.25) is 5.91 Å². The minimum absolute atomic E-state index is 0.0164. The van der Waals surface area contributed by atoms with Crippen LogP contribution in [0.3, 0.4) is 0 Å². The topological polar surface area (TPSA) is 63.5 Å². The fraction of sp³-hybridized carbons (Fsp3) is 0.316. The molecule has 0 saturated heterocycles. The van der Waals surface area contributed by atoms with Crippen molar-refractivity contribution in [3.63, 3.8) is 0 Å². The molecule has 5 heteroatoms. The smallest absolute Gasteiger partial charge is 0.269 e. The highest BCUT2D eigenvalue weighted by molar-refractivity contribution is 5.79. The zero-order chi connectivity index (χ0) is 17.9. The number of hydrogen-bond donors (Lipinski definition) is 0. The molecule has 1 unspecified atom stereocenters. The summed E-state index contributed by atoms with van der Waals surface area (Å²) in [6.07, 6.45) is 0.316. The quantitative estimate of drug-likeness (QED) is 0.617.